The van der Waals surface area contributed by atoms with Crippen LogP contribution in [-0.2, 0) is 9.59 Å². The topological polar surface area (TPSA) is 57.6 Å². The maximum atomic E-state index is 12.4. The zero-order chi connectivity index (χ0) is 14.5. The minimum atomic E-state index is -0.766. The Morgan fingerprint density at radius 2 is 1.45 bits per heavy atom. The summed E-state index contributed by atoms with van der Waals surface area (Å²) in [6, 6.07) is 0.936. The predicted octanol–water partition coefficient (Wildman–Crippen LogP) is 3.20. The molecule has 4 nitrogen and oxygen atoms in total. The molecule has 0 bridgehead atoms. The fourth-order valence-electron chi connectivity index (χ4n) is 3.26. The molecule has 1 N–H and O–H groups in total. The molecule has 1 amide bonds. The molecule has 0 atom stereocenters. The van der Waals surface area contributed by atoms with Gasteiger partial charge in [0, 0.05) is 24.9 Å². The molecule has 0 saturated heterocycles. The van der Waals surface area contributed by atoms with Crippen LogP contribution in [0.5, 0.6) is 0 Å². The summed E-state index contributed by atoms with van der Waals surface area (Å²) in [5, 5.41) is 8.62. The minimum absolute atomic E-state index is 0.178. The van der Waals surface area contributed by atoms with Crippen LogP contribution in [0.2, 0.25) is 0 Å². The molecule has 0 spiro atoms. The average molecular weight is 281 g/mol. The van der Waals surface area contributed by atoms with Gasteiger partial charge in [-0.1, -0.05) is 6.92 Å². The van der Waals surface area contributed by atoms with Crippen molar-refractivity contribution < 1.29 is 14.7 Å². The first-order valence-electron chi connectivity index (χ1n) is 8.11. The molecular formula is C16H27NO3. The Kier molecular flexibility index (Phi) is 5.44. The Hall–Kier alpha value is -1.06. The molecule has 2 aliphatic carbocycles. The third-order valence-corrected chi connectivity index (χ3v) is 4.64. The number of hydrogen-bond acceptors (Lipinski definition) is 2. The summed E-state index contributed by atoms with van der Waals surface area (Å²) in [4.78, 5) is 25.1. The molecule has 0 radical (unpaired) electrons. The largest absolute Gasteiger partial charge is 0.481 e. The predicted molar refractivity (Wildman–Crippen MR) is 77.4 cm³/mol. The van der Waals surface area contributed by atoms with Gasteiger partial charge in [0.2, 0.25) is 5.91 Å². The molecule has 0 heterocycles. The SMILES string of the molecule is CC1CCC(N(C(=O)CCCCC(=O)O)C2CC2)CC1. The molecule has 2 rings (SSSR count). The van der Waals surface area contributed by atoms with E-state index in [0.29, 0.717) is 31.3 Å². The van der Waals surface area contributed by atoms with Crippen molar-refractivity contribution in [2.24, 2.45) is 5.92 Å². The Bertz CT molecular complexity index is 344. The first-order chi connectivity index (χ1) is 9.58. The van der Waals surface area contributed by atoms with Gasteiger partial charge < -0.3 is 10.0 Å². The first-order valence-corrected chi connectivity index (χ1v) is 8.11. The molecule has 0 aromatic carbocycles. The molecule has 4 heteroatoms. The van der Waals surface area contributed by atoms with Crippen molar-refractivity contribution in [3.63, 3.8) is 0 Å². The second-order valence-electron chi connectivity index (χ2n) is 6.55. The Morgan fingerprint density at radius 1 is 0.950 bits per heavy atom. The van der Waals surface area contributed by atoms with Gasteiger partial charge in [-0.05, 0) is 57.3 Å². The highest BCUT2D eigenvalue weighted by molar-refractivity contribution is 5.77. The zero-order valence-electron chi connectivity index (χ0n) is 12.5. The van der Waals surface area contributed by atoms with E-state index in [2.05, 4.69) is 11.8 Å². The van der Waals surface area contributed by atoms with Crippen LogP contribution in [0.25, 0.3) is 0 Å². The second kappa shape index (κ2) is 7.09. The summed E-state index contributed by atoms with van der Waals surface area (Å²) >= 11 is 0. The third-order valence-electron chi connectivity index (χ3n) is 4.64. The van der Waals surface area contributed by atoms with Gasteiger partial charge in [0.15, 0.2) is 0 Å². The van der Waals surface area contributed by atoms with Gasteiger partial charge in [-0.2, -0.15) is 0 Å². The van der Waals surface area contributed by atoms with E-state index >= 15 is 0 Å². The third kappa shape index (κ3) is 4.50. The van der Waals surface area contributed by atoms with Gasteiger partial charge in [0.1, 0.15) is 0 Å². The quantitative estimate of drug-likeness (QED) is 0.729. The van der Waals surface area contributed by atoms with Gasteiger partial charge in [-0.15, -0.1) is 0 Å². The van der Waals surface area contributed by atoms with E-state index in [9.17, 15) is 9.59 Å². The number of carboxylic acids is 1. The normalized spacial score (nSPS) is 26.2. The van der Waals surface area contributed by atoms with Crippen LogP contribution in [0, 0.1) is 5.92 Å². The fraction of sp³-hybridized carbons (Fsp3) is 0.875. The number of carbonyl (C=O) groups excluding carboxylic acids is 1. The number of unbranched alkanes of at least 4 members (excludes halogenated alkanes) is 1. The highest BCUT2D eigenvalue weighted by atomic mass is 16.4. The summed E-state index contributed by atoms with van der Waals surface area (Å²) in [5.74, 6) is 0.299. The summed E-state index contributed by atoms with van der Waals surface area (Å²) in [7, 11) is 0. The van der Waals surface area contributed by atoms with Gasteiger partial charge >= 0.3 is 5.97 Å². The number of aliphatic carboxylic acids is 1. The van der Waals surface area contributed by atoms with Crippen LogP contribution in [0.15, 0.2) is 0 Å². The van der Waals surface area contributed by atoms with E-state index in [1.807, 2.05) is 0 Å². The van der Waals surface area contributed by atoms with Crippen molar-refractivity contribution >= 4 is 11.9 Å². The van der Waals surface area contributed by atoms with E-state index in [1.165, 1.54) is 12.8 Å². The zero-order valence-corrected chi connectivity index (χ0v) is 12.5. The van der Waals surface area contributed by atoms with E-state index in [4.69, 9.17) is 5.11 Å². The smallest absolute Gasteiger partial charge is 0.303 e. The molecular weight excluding hydrogens is 254 g/mol. The molecule has 0 aromatic heterocycles. The first kappa shape index (κ1) is 15.3. The Balaban J connectivity index is 1.79. The van der Waals surface area contributed by atoms with Gasteiger partial charge in [-0.3, -0.25) is 9.59 Å². The number of rotatable bonds is 7. The standard InChI is InChI=1S/C16H27NO3/c1-12-6-8-13(9-7-12)17(14-10-11-14)15(18)4-2-3-5-16(19)20/h12-14H,2-11H2,1H3,(H,19,20). The highest BCUT2D eigenvalue weighted by Gasteiger charge is 2.37. The summed E-state index contributed by atoms with van der Waals surface area (Å²) in [6.45, 7) is 2.30. The summed E-state index contributed by atoms with van der Waals surface area (Å²) in [5.41, 5.74) is 0. The lowest BCUT2D eigenvalue weighted by molar-refractivity contribution is -0.138. The van der Waals surface area contributed by atoms with Gasteiger partial charge in [0.25, 0.3) is 0 Å². The summed E-state index contributed by atoms with van der Waals surface area (Å²) in [6.07, 6.45) is 9.11. The van der Waals surface area contributed by atoms with Gasteiger partial charge in [-0.25, -0.2) is 0 Å². The lowest BCUT2D eigenvalue weighted by Crippen LogP contribution is -2.43. The van der Waals surface area contributed by atoms with E-state index in [-0.39, 0.29) is 12.3 Å². The maximum absolute atomic E-state index is 12.4. The Morgan fingerprint density at radius 3 is 1.95 bits per heavy atom. The average Bonchev–Trinajstić information content (AvgIpc) is 3.22. The van der Waals surface area contributed by atoms with Crippen molar-refractivity contribution in [3.05, 3.63) is 0 Å². The van der Waals surface area contributed by atoms with Crippen LogP contribution in [0.1, 0.15) is 71.1 Å². The number of amides is 1. The molecule has 2 fully saturated rings. The van der Waals surface area contributed by atoms with Crippen LogP contribution >= 0.6 is 0 Å². The number of hydrogen-bond donors (Lipinski definition) is 1. The van der Waals surface area contributed by atoms with Crippen molar-refractivity contribution in [1.29, 1.82) is 0 Å². The van der Waals surface area contributed by atoms with Crippen molar-refractivity contribution in [2.75, 3.05) is 0 Å². The highest BCUT2D eigenvalue weighted by Crippen LogP contribution is 2.35. The summed E-state index contributed by atoms with van der Waals surface area (Å²) < 4.78 is 0. The maximum Gasteiger partial charge on any atom is 0.303 e. The molecule has 0 aliphatic heterocycles. The molecule has 20 heavy (non-hydrogen) atoms. The number of nitrogens with zero attached hydrogens (tertiary/aromatic N) is 1. The van der Waals surface area contributed by atoms with Crippen LogP contribution in [0.4, 0.5) is 0 Å². The molecule has 0 unspecified atom stereocenters. The van der Waals surface area contributed by atoms with Crippen LogP contribution < -0.4 is 0 Å². The van der Waals surface area contributed by atoms with Crippen molar-refractivity contribution in [2.45, 2.75) is 83.2 Å². The lowest BCUT2D eigenvalue weighted by atomic mass is 9.86. The number of carboxylic acid groups (broad SMARTS) is 1. The molecule has 2 saturated carbocycles. The second-order valence-corrected chi connectivity index (χ2v) is 6.55. The minimum Gasteiger partial charge on any atom is -0.481 e. The van der Waals surface area contributed by atoms with Gasteiger partial charge in [0.05, 0.1) is 0 Å². The molecule has 2 aliphatic rings. The van der Waals surface area contributed by atoms with Crippen LogP contribution in [-0.4, -0.2) is 34.0 Å². The molecule has 114 valence electrons. The van der Waals surface area contributed by atoms with E-state index < -0.39 is 5.97 Å². The fourth-order valence-corrected chi connectivity index (χ4v) is 3.26. The van der Waals surface area contributed by atoms with E-state index in [0.717, 1.165) is 31.6 Å². The van der Waals surface area contributed by atoms with Crippen LogP contribution in [0.3, 0.4) is 0 Å². The monoisotopic (exact) mass is 281 g/mol. The number of carbonyl (C=O) groups is 2. The van der Waals surface area contributed by atoms with Crippen molar-refractivity contribution in [1.82, 2.24) is 4.90 Å². The van der Waals surface area contributed by atoms with E-state index in [1.54, 1.807) is 0 Å². The van der Waals surface area contributed by atoms with Crippen molar-refractivity contribution in [3.8, 4) is 0 Å². The lowest BCUT2D eigenvalue weighted by Gasteiger charge is -2.36. The Labute approximate surface area is 121 Å². The molecule has 0 aromatic rings.